The molecule has 23 heavy (non-hydrogen) atoms. The molecule has 1 aromatic carbocycles. The number of primary amides is 1. The van der Waals surface area contributed by atoms with Crippen molar-refractivity contribution in [3.05, 3.63) is 35.9 Å². The van der Waals surface area contributed by atoms with Crippen molar-refractivity contribution in [1.82, 2.24) is 10.2 Å². The Morgan fingerprint density at radius 1 is 1.30 bits per heavy atom. The second-order valence-corrected chi connectivity index (χ2v) is 6.97. The molecule has 3 N–H and O–H groups in total. The summed E-state index contributed by atoms with van der Waals surface area (Å²) in [4.78, 5) is 25.2. The van der Waals surface area contributed by atoms with Gasteiger partial charge in [0.25, 0.3) is 0 Å². The van der Waals surface area contributed by atoms with Gasteiger partial charge in [-0.15, -0.1) is 0 Å². The lowest BCUT2D eigenvalue weighted by Crippen LogP contribution is -2.45. The number of nitrogens with zero attached hydrogens (tertiary/aromatic N) is 1. The number of nitrogens with two attached hydrogens (primary N) is 1. The molecule has 5 nitrogen and oxygen atoms in total. The van der Waals surface area contributed by atoms with E-state index in [0.717, 1.165) is 30.9 Å². The Bertz CT molecular complexity index is 510. The van der Waals surface area contributed by atoms with Crippen LogP contribution in [-0.2, 0) is 15.3 Å². The zero-order valence-electron chi connectivity index (χ0n) is 13.4. The summed E-state index contributed by atoms with van der Waals surface area (Å²) in [5, 5.41) is 2.94. The van der Waals surface area contributed by atoms with Crippen molar-refractivity contribution in [1.29, 1.82) is 0 Å². The van der Waals surface area contributed by atoms with Crippen LogP contribution in [0.15, 0.2) is 30.3 Å². The monoisotopic (exact) mass is 335 g/mol. The summed E-state index contributed by atoms with van der Waals surface area (Å²) >= 11 is 1.81. The van der Waals surface area contributed by atoms with Crippen LogP contribution in [0, 0.1) is 5.92 Å². The molecule has 0 unspecified atom stereocenters. The molecule has 1 fully saturated rings. The molecule has 0 aromatic heterocycles. The van der Waals surface area contributed by atoms with Crippen LogP contribution in [0.25, 0.3) is 0 Å². The molecule has 0 aliphatic carbocycles. The van der Waals surface area contributed by atoms with Crippen LogP contribution in [0.1, 0.15) is 18.4 Å². The molecule has 2 amide bonds. The van der Waals surface area contributed by atoms with Gasteiger partial charge in [0.2, 0.25) is 11.8 Å². The van der Waals surface area contributed by atoms with E-state index >= 15 is 0 Å². The van der Waals surface area contributed by atoms with Crippen molar-refractivity contribution in [2.45, 2.75) is 18.6 Å². The number of rotatable bonds is 8. The summed E-state index contributed by atoms with van der Waals surface area (Å²) in [6.07, 6.45) is 1.76. The van der Waals surface area contributed by atoms with Gasteiger partial charge in [-0.25, -0.2) is 0 Å². The minimum absolute atomic E-state index is 0.0235. The molecular weight excluding hydrogens is 310 g/mol. The second kappa shape index (κ2) is 9.57. The van der Waals surface area contributed by atoms with E-state index in [1.54, 1.807) is 0 Å². The van der Waals surface area contributed by atoms with Crippen molar-refractivity contribution in [2.75, 3.05) is 31.9 Å². The smallest absolute Gasteiger partial charge is 0.234 e. The first kappa shape index (κ1) is 17.8. The van der Waals surface area contributed by atoms with Crippen LogP contribution in [0.4, 0.5) is 0 Å². The lowest BCUT2D eigenvalue weighted by molar-refractivity contribution is -0.126. The van der Waals surface area contributed by atoms with Crippen molar-refractivity contribution in [2.24, 2.45) is 11.7 Å². The average Bonchev–Trinajstić information content (AvgIpc) is 2.55. The van der Waals surface area contributed by atoms with Crippen LogP contribution >= 0.6 is 11.8 Å². The summed E-state index contributed by atoms with van der Waals surface area (Å²) in [5.74, 6) is 1.51. The van der Waals surface area contributed by atoms with Crippen molar-refractivity contribution in [3.8, 4) is 0 Å². The fourth-order valence-corrected chi connectivity index (χ4v) is 3.54. The van der Waals surface area contributed by atoms with E-state index in [1.807, 2.05) is 34.9 Å². The summed E-state index contributed by atoms with van der Waals surface area (Å²) in [7, 11) is 0. The predicted octanol–water partition coefficient (Wildman–Crippen LogP) is 1.23. The molecule has 1 atom stereocenters. The highest BCUT2D eigenvalue weighted by molar-refractivity contribution is 7.98. The van der Waals surface area contributed by atoms with Crippen molar-refractivity contribution < 1.29 is 9.59 Å². The topological polar surface area (TPSA) is 75.4 Å². The van der Waals surface area contributed by atoms with Crippen molar-refractivity contribution >= 4 is 23.6 Å². The molecule has 0 spiro atoms. The van der Waals surface area contributed by atoms with Gasteiger partial charge in [0, 0.05) is 24.6 Å². The fourth-order valence-electron chi connectivity index (χ4n) is 2.72. The van der Waals surface area contributed by atoms with Crippen LogP contribution < -0.4 is 11.1 Å². The first-order valence-corrected chi connectivity index (χ1v) is 9.20. The van der Waals surface area contributed by atoms with Gasteiger partial charge in [-0.05, 0) is 24.9 Å². The molecule has 1 aliphatic rings. The summed E-state index contributed by atoms with van der Waals surface area (Å²) in [6.45, 7) is 2.49. The number of piperidine rings is 1. The Hall–Kier alpha value is -1.53. The van der Waals surface area contributed by atoms with E-state index in [-0.39, 0.29) is 17.7 Å². The van der Waals surface area contributed by atoms with E-state index in [4.69, 9.17) is 5.73 Å². The third kappa shape index (κ3) is 6.62. The van der Waals surface area contributed by atoms with Crippen LogP contribution in [0.5, 0.6) is 0 Å². The molecule has 0 radical (unpaired) electrons. The van der Waals surface area contributed by atoms with Gasteiger partial charge in [-0.1, -0.05) is 30.3 Å². The van der Waals surface area contributed by atoms with E-state index in [0.29, 0.717) is 19.6 Å². The quantitative estimate of drug-likeness (QED) is 0.701. The Morgan fingerprint density at radius 2 is 2.09 bits per heavy atom. The van der Waals surface area contributed by atoms with Crippen LogP contribution in [-0.4, -0.2) is 48.6 Å². The van der Waals surface area contributed by atoms with E-state index in [2.05, 4.69) is 17.4 Å². The number of hydrogen-bond donors (Lipinski definition) is 2. The highest BCUT2D eigenvalue weighted by atomic mass is 32.2. The van der Waals surface area contributed by atoms with Gasteiger partial charge in [-0.3, -0.25) is 14.5 Å². The summed E-state index contributed by atoms with van der Waals surface area (Å²) < 4.78 is 0. The van der Waals surface area contributed by atoms with Crippen LogP contribution in [0.2, 0.25) is 0 Å². The normalized spacial score (nSPS) is 18.5. The van der Waals surface area contributed by atoms with Gasteiger partial charge in [0.05, 0.1) is 12.5 Å². The van der Waals surface area contributed by atoms with E-state index < -0.39 is 0 Å². The molecule has 1 aliphatic heterocycles. The molecule has 0 saturated carbocycles. The SMILES string of the molecule is NC(=O)[C@H]1CCCN(CC(=O)NCCSCc2ccccc2)C1. The maximum Gasteiger partial charge on any atom is 0.234 e. The average molecular weight is 335 g/mol. The standard InChI is InChI=1S/C17H25N3O2S/c18-17(22)15-7-4-9-20(11-15)12-16(21)19-8-10-23-13-14-5-2-1-3-6-14/h1-3,5-6,15H,4,7-13H2,(H2,18,22)(H,19,21)/t15-/m0/s1. The zero-order valence-corrected chi connectivity index (χ0v) is 14.2. The Morgan fingerprint density at radius 3 is 2.83 bits per heavy atom. The number of hydrogen-bond acceptors (Lipinski definition) is 4. The number of nitrogens with one attached hydrogen (secondary N) is 1. The van der Waals surface area contributed by atoms with Gasteiger partial charge < -0.3 is 11.1 Å². The first-order chi connectivity index (χ1) is 11.1. The fraction of sp³-hybridized carbons (Fsp3) is 0.529. The number of carbonyl (C=O) groups is 2. The maximum atomic E-state index is 11.9. The minimum atomic E-state index is -0.257. The predicted molar refractivity (Wildman–Crippen MR) is 94.0 cm³/mol. The van der Waals surface area contributed by atoms with E-state index in [1.165, 1.54) is 5.56 Å². The molecule has 6 heteroatoms. The van der Waals surface area contributed by atoms with Gasteiger partial charge in [0.15, 0.2) is 0 Å². The largest absolute Gasteiger partial charge is 0.369 e. The van der Waals surface area contributed by atoms with E-state index in [9.17, 15) is 9.59 Å². The second-order valence-electron chi connectivity index (χ2n) is 5.86. The van der Waals surface area contributed by atoms with Gasteiger partial charge in [-0.2, -0.15) is 11.8 Å². The summed E-state index contributed by atoms with van der Waals surface area (Å²) in [6, 6.07) is 10.3. The maximum absolute atomic E-state index is 11.9. The first-order valence-electron chi connectivity index (χ1n) is 8.05. The van der Waals surface area contributed by atoms with Crippen molar-refractivity contribution in [3.63, 3.8) is 0 Å². The Labute approximate surface area is 142 Å². The Kier molecular flexibility index (Phi) is 7.42. The lowest BCUT2D eigenvalue weighted by atomic mass is 9.97. The highest BCUT2D eigenvalue weighted by Crippen LogP contribution is 2.15. The number of amides is 2. The van der Waals surface area contributed by atoms with Gasteiger partial charge in [0.1, 0.15) is 0 Å². The lowest BCUT2D eigenvalue weighted by Gasteiger charge is -2.30. The Balaban J connectivity index is 1.57. The molecule has 126 valence electrons. The third-order valence-electron chi connectivity index (χ3n) is 3.96. The molecule has 1 aromatic rings. The highest BCUT2D eigenvalue weighted by Gasteiger charge is 2.24. The molecule has 1 heterocycles. The zero-order chi connectivity index (χ0) is 16.5. The minimum Gasteiger partial charge on any atom is -0.369 e. The van der Waals surface area contributed by atoms with Gasteiger partial charge >= 0.3 is 0 Å². The number of thioether (sulfide) groups is 1. The molecule has 1 saturated heterocycles. The molecule has 2 rings (SSSR count). The number of likely N-dealkylation sites (tertiary alicyclic amines) is 1. The molecular formula is C17H25N3O2S. The molecule has 0 bridgehead atoms. The number of carbonyl (C=O) groups excluding carboxylic acids is 2. The third-order valence-corrected chi connectivity index (χ3v) is 4.99. The van der Waals surface area contributed by atoms with Crippen LogP contribution in [0.3, 0.4) is 0 Å². The summed E-state index contributed by atoms with van der Waals surface area (Å²) in [5.41, 5.74) is 6.65. The number of benzene rings is 1.